The van der Waals surface area contributed by atoms with Crippen LogP contribution >= 0.6 is 0 Å². The van der Waals surface area contributed by atoms with Crippen molar-refractivity contribution in [1.82, 2.24) is 0 Å². The van der Waals surface area contributed by atoms with Gasteiger partial charge in [0, 0.05) is 25.1 Å². The zero-order chi connectivity index (χ0) is 46.5. The topological polar surface area (TPSA) is 162 Å². The largest absolute Gasteiger partial charge is 0.460 e. The Bertz CT molecular complexity index is 2590. The van der Waals surface area contributed by atoms with E-state index < -0.39 is 66.8 Å². The molecule has 66 heavy (non-hydrogen) atoms. The third kappa shape index (κ3) is 11.9. The third-order valence-electron chi connectivity index (χ3n) is 10.9. The molecule has 0 radical (unpaired) electrons. The quantitative estimate of drug-likeness (QED) is 0.0725. The zero-order valence-electron chi connectivity index (χ0n) is 36.6. The van der Waals surface area contributed by atoms with Gasteiger partial charge in [0.1, 0.15) is 25.1 Å². The van der Waals surface area contributed by atoms with Crippen LogP contribution in [0.4, 0.5) is 10.5 Å². The van der Waals surface area contributed by atoms with Crippen molar-refractivity contribution in [1.29, 1.82) is 0 Å². The summed E-state index contributed by atoms with van der Waals surface area (Å²) < 4.78 is 43.2. The van der Waals surface area contributed by atoms with E-state index in [1.165, 1.54) is 31.2 Å². The van der Waals surface area contributed by atoms with Gasteiger partial charge >= 0.3 is 30.0 Å². The molecular weight excluding hydrogens is 843 g/mol. The number of esters is 4. The van der Waals surface area contributed by atoms with Crippen molar-refractivity contribution < 1.29 is 57.1 Å². The highest BCUT2D eigenvalue weighted by Crippen LogP contribution is 2.40. The summed E-state index contributed by atoms with van der Waals surface area (Å²) in [6, 6.07) is 46.7. The second kappa shape index (κ2) is 21.7. The van der Waals surface area contributed by atoms with Crippen molar-refractivity contribution in [3.05, 3.63) is 203 Å². The van der Waals surface area contributed by atoms with Crippen molar-refractivity contribution in [2.24, 2.45) is 0 Å². The smallest absolute Gasteiger partial charge is 0.411 e. The molecule has 1 heterocycles. The van der Waals surface area contributed by atoms with Crippen LogP contribution in [0.5, 0.6) is 5.75 Å². The summed E-state index contributed by atoms with van der Waals surface area (Å²) in [4.78, 5) is 67.8. The fourth-order valence-electron chi connectivity index (χ4n) is 7.40. The molecule has 0 spiro atoms. The normalized spacial score (nSPS) is 18.8. The van der Waals surface area contributed by atoms with Gasteiger partial charge in [-0.05, 0) is 78.1 Å². The van der Waals surface area contributed by atoms with Crippen LogP contribution in [0.2, 0.25) is 0 Å². The van der Waals surface area contributed by atoms with Gasteiger partial charge in [-0.3, -0.25) is 10.1 Å². The molecule has 1 fully saturated rings. The Morgan fingerprint density at radius 2 is 1.17 bits per heavy atom. The molecule has 1 aliphatic rings. The number of rotatable bonds is 16. The highest BCUT2D eigenvalue weighted by Gasteiger charge is 2.61. The van der Waals surface area contributed by atoms with Gasteiger partial charge in [0.05, 0.1) is 16.7 Å². The Morgan fingerprint density at radius 3 is 1.74 bits per heavy atom. The Kier molecular flexibility index (Phi) is 15.2. The molecule has 0 unspecified atom stereocenters. The van der Waals surface area contributed by atoms with Crippen LogP contribution in [-0.2, 0) is 52.7 Å². The van der Waals surface area contributed by atoms with Gasteiger partial charge in [0.25, 0.3) is 0 Å². The van der Waals surface area contributed by atoms with E-state index in [1.54, 1.807) is 84.9 Å². The predicted molar refractivity (Wildman–Crippen MR) is 243 cm³/mol. The molecule has 6 aromatic carbocycles. The number of hydrogen-bond acceptors (Lipinski definition) is 12. The number of carbonyl (C=O) groups excluding carboxylic acids is 5. The van der Waals surface area contributed by atoms with E-state index in [2.05, 4.69) is 12.2 Å². The fraction of sp³-hybridized carbons (Fsp3) is 0.226. The molecule has 13 heteroatoms. The fourth-order valence-corrected chi connectivity index (χ4v) is 7.40. The van der Waals surface area contributed by atoms with Crippen LogP contribution < -0.4 is 10.1 Å². The molecule has 13 nitrogen and oxygen atoms in total. The monoisotopic (exact) mass is 891 g/mol. The van der Waals surface area contributed by atoms with Gasteiger partial charge in [0.15, 0.2) is 11.7 Å². The number of hydrogen-bond donors (Lipinski definition) is 1. The molecule has 1 aliphatic heterocycles. The first kappa shape index (κ1) is 46.2. The third-order valence-corrected chi connectivity index (χ3v) is 10.9. The molecule has 0 aromatic heterocycles. The molecule has 338 valence electrons. The van der Waals surface area contributed by atoms with Crippen molar-refractivity contribution in [2.75, 3.05) is 11.9 Å². The van der Waals surface area contributed by atoms with E-state index in [0.717, 1.165) is 30.0 Å². The average Bonchev–Trinajstić information content (AvgIpc) is 3.34. The summed E-state index contributed by atoms with van der Waals surface area (Å²) in [6.45, 7) is 4.14. The number of benzene rings is 6. The van der Waals surface area contributed by atoms with Crippen molar-refractivity contribution in [3.63, 3.8) is 0 Å². The van der Waals surface area contributed by atoms with Crippen molar-refractivity contribution >= 4 is 35.7 Å². The summed E-state index contributed by atoms with van der Waals surface area (Å²) in [5.74, 6) is -3.04. The summed E-state index contributed by atoms with van der Waals surface area (Å²) in [5.41, 5.74) is 2.32. The average molecular weight is 892 g/mol. The van der Waals surface area contributed by atoms with Gasteiger partial charge in [-0.1, -0.05) is 122 Å². The first-order valence-electron chi connectivity index (χ1n) is 21.4. The van der Waals surface area contributed by atoms with Crippen molar-refractivity contribution in [2.45, 2.75) is 70.4 Å². The Balaban J connectivity index is 1.31. The minimum absolute atomic E-state index is 0.0205. The van der Waals surface area contributed by atoms with Gasteiger partial charge in [-0.15, -0.1) is 0 Å². The number of carbonyl (C=O) groups is 5. The molecule has 6 aromatic rings. The summed E-state index contributed by atoms with van der Waals surface area (Å²) in [5, 5.41) is 2.75. The molecular formula is C53H49NO12. The number of aryl methyl sites for hydroxylation is 1. The second-order valence-corrected chi connectivity index (χ2v) is 15.6. The molecule has 5 atom stereocenters. The molecule has 1 amide bonds. The van der Waals surface area contributed by atoms with Crippen molar-refractivity contribution in [3.8, 4) is 5.75 Å². The molecule has 7 rings (SSSR count). The second-order valence-electron chi connectivity index (χ2n) is 15.6. The lowest BCUT2D eigenvalue weighted by molar-refractivity contribution is -0.309. The highest BCUT2D eigenvalue weighted by molar-refractivity contribution is 5.91. The van der Waals surface area contributed by atoms with E-state index in [0.29, 0.717) is 12.0 Å². The van der Waals surface area contributed by atoms with Crippen LogP contribution in [-0.4, -0.2) is 66.8 Å². The number of anilines is 1. The lowest BCUT2D eigenvalue weighted by Crippen LogP contribution is -2.70. The van der Waals surface area contributed by atoms with Crippen LogP contribution in [0.15, 0.2) is 164 Å². The van der Waals surface area contributed by atoms with Gasteiger partial charge in [-0.2, -0.15) is 0 Å². The summed E-state index contributed by atoms with van der Waals surface area (Å²) >= 11 is 0. The maximum Gasteiger partial charge on any atom is 0.411 e. The standard InChI is InChI=1S/C53H49NO12/c1-4-36-25-27-37(28-26-36)31-42-29-30-43(54-52(59)61-33-38-17-9-5-10-18-38)32-44(42)62-51-46(64-49(57)40-21-13-7-14-22-40)47(65-50(58)41-23-15-8-16-24-41)53(3,66-35(2)55)45(63-51)34-60-48(56)39-19-11-6-12-20-39/h5-30,32,45-47,51H,4,31,33-34H2,1-3H3,(H,54,59)/t45-,46-,47-,51+,53-/m1/s1. The Hall–Kier alpha value is -7.77. The van der Waals surface area contributed by atoms with E-state index in [1.807, 2.05) is 54.6 Å². The minimum atomic E-state index is -1.98. The van der Waals surface area contributed by atoms with Gasteiger partial charge in [0.2, 0.25) is 12.4 Å². The van der Waals surface area contributed by atoms with Crippen LogP contribution in [0.3, 0.4) is 0 Å². The van der Waals surface area contributed by atoms with E-state index in [-0.39, 0.29) is 34.7 Å². The minimum Gasteiger partial charge on any atom is -0.460 e. The number of amides is 1. The Morgan fingerprint density at radius 1 is 0.621 bits per heavy atom. The van der Waals surface area contributed by atoms with Crippen LogP contribution in [0.1, 0.15) is 74.1 Å². The first-order chi connectivity index (χ1) is 32.0. The van der Waals surface area contributed by atoms with Gasteiger partial charge < -0.3 is 33.2 Å². The number of ether oxygens (including phenoxy) is 7. The predicted octanol–water partition coefficient (Wildman–Crippen LogP) is 9.32. The molecule has 0 bridgehead atoms. The van der Waals surface area contributed by atoms with E-state index in [4.69, 9.17) is 33.2 Å². The summed E-state index contributed by atoms with van der Waals surface area (Å²) in [6.07, 6.45) is -5.89. The SMILES string of the molecule is CCc1ccc(Cc2ccc(NC(=O)OCc3ccccc3)cc2O[C@H]2O[C@H](COC(=O)c3ccccc3)[C@@](C)(OC(C)=O)[C@H](OC(=O)c3ccccc3)[C@H]2OC(=O)c2ccccc2)cc1. The molecule has 0 aliphatic carbocycles. The van der Waals surface area contributed by atoms with E-state index in [9.17, 15) is 24.0 Å². The maximum absolute atomic E-state index is 14.1. The van der Waals surface area contributed by atoms with E-state index >= 15 is 0 Å². The summed E-state index contributed by atoms with van der Waals surface area (Å²) in [7, 11) is 0. The van der Waals surface area contributed by atoms with Crippen LogP contribution in [0, 0.1) is 0 Å². The molecule has 0 saturated carbocycles. The van der Waals surface area contributed by atoms with Gasteiger partial charge in [-0.25, -0.2) is 19.2 Å². The number of nitrogens with one attached hydrogen (secondary N) is 1. The maximum atomic E-state index is 14.1. The molecule has 1 N–H and O–H groups in total. The first-order valence-corrected chi connectivity index (χ1v) is 21.4. The van der Waals surface area contributed by atoms with Crippen LogP contribution in [0.25, 0.3) is 0 Å². The Labute approximate surface area is 382 Å². The lowest BCUT2D eigenvalue weighted by atomic mass is 9.85. The lowest BCUT2D eigenvalue weighted by Gasteiger charge is -2.50. The molecule has 1 saturated heterocycles. The highest BCUT2D eigenvalue weighted by atomic mass is 16.7. The zero-order valence-corrected chi connectivity index (χ0v) is 36.6.